The number of fused-ring (bicyclic) bond motifs is 1. The first-order valence-corrected chi connectivity index (χ1v) is 8.06. The molecule has 0 radical (unpaired) electrons. The van der Waals surface area contributed by atoms with E-state index in [9.17, 15) is 0 Å². The average Bonchev–Trinajstić information content (AvgIpc) is 3.25. The number of imidazole rings is 1. The molecule has 0 N–H and O–H groups in total. The van der Waals surface area contributed by atoms with E-state index in [-0.39, 0.29) is 0 Å². The number of aryl methyl sites for hydroxylation is 2. The molecule has 4 heterocycles. The molecule has 0 fully saturated rings. The van der Waals surface area contributed by atoms with E-state index in [0.717, 1.165) is 40.4 Å². The topological polar surface area (TPSA) is 52.4 Å². The van der Waals surface area contributed by atoms with E-state index in [4.69, 9.17) is 11.7 Å². The molecule has 0 aliphatic heterocycles. The molecule has 25 heavy (non-hydrogen) atoms. The molecular weight excluding hydrogens is 312 g/mol. The van der Waals surface area contributed by atoms with E-state index in [1.807, 2.05) is 54.3 Å². The van der Waals surface area contributed by atoms with Gasteiger partial charge in [0.2, 0.25) is 5.65 Å². The summed E-state index contributed by atoms with van der Waals surface area (Å²) in [6, 6.07) is 9.86. The van der Waals surface area contributed by atoms with Gasteiger partial charge in [-0.15, -0.1) is 0 Å². The molecule has 0 atom stereocenters. The molecule has 0 aliphatic rings. The van der Waals surface area contributed by atoms with Gasteiger partial charge in [0.1, 0.15) is 5.69 Å². The Morgan fingerprint density at radius 2 is 2.04 bits per heavy atom. The van der Waals surface area contributed by atoms with Crippen molar-refractivity contribution < 1.29 is 0 Å². The van der Waals surface area contributed by atoms with Crippen LogP contribution in [-0.2, 0) is 6.54 Å². The zero-order chi connectivity index (χ0) is 17.4. The normalized spacial score (nSPS) is 10.9. The maximum absolute atomic E-state index is 7.29. The fraction of sp³-hybridized carbons (Fsp3) is 0.158. The van der Waals surface area contributed by atoms with Crippen molar-refractivity contribution in [2.45, 2.75) is 20.4 Å². The Labute approximate surface area is 145 Å². The van der Waals surface area contributed by atoms with Gasteiger partial charge in [-0.3, -0.25) is 9.67 Å². The number of nitrogens with zero attached hydrogens (tertiary/aromatic N) is 6. The fourth-order valence-electron chi connectivity index (χ4n) is 2.87. The van der Waals surface area contributed by atoms with Crippen LogP contribution >= 0.6 is 0 Å². The first-order chi connectivity index (χ1) is 12.2. The predicted molar refractivity (Wildman–Crippen MR) is 96.3 cm³/mol. The maximum atomic E-state index is 7.29. The quantitative estimate of drug-likeness (QED) is 0.531. The highest BCUT2D eigenvalue weighted by atomic mass is 15.3. The molecule has 4 aromatic rings. The molecule has 0 saturated carbocycles. The SMILES string of the molecule is [C-]#[N+]c1cnc2ccc(-c3cn(CC)nc3-c3cccc(C)n3)cn12. The monoisotopic (exact) mass is 328 g/mol. The first kappa shape index (κ1) is 15.1. The minimum absolute atomic E-state index is 0.495. The number of hydrogen-bond acceptors (Lipinski definition) is 3. The molecule has 0 bridgehead atoms. The van der Waals surface area contributed by atoms with Crippen LogP contribution in [0.5, 0.6) is 0 Å². The lowest BCUT2D eigenvalue weighted by Crippen LogP contribution is -1.95. The Bertz CT molecular complexity index is 1110. The third kappa shape index (κ3) is 2.56. The largest absolute Gasteiger partial charge is 0.362 e. The average molecular weight is 328 g/mol. The summed E-state index contributed by atoms with van der Waals surface area (Å²) in [6.45, 7) is 12.1. The Kier molecular flexibility index (Phi) is 3.55. The van der Waals surface area contributed by atoms with Crippen molar-refractivity contribution in [2.75, 3.05) is 0 Å². The summed E-state index contributed by atoms with van der Waals surface area (Å²) < 4.78 is 3.71. The summed E-state index contributed by atoms with van der Waals surface area (Å²) in [5, 5.41) is 4.70. The van der Waals surface area contributed by atoms with Gasteiger partial charge in [0.15, 0.2) is 0 Å². The maximum Gasteiger partial charge on any atom is 0.254 e. The van der Waals surface area contributed by atoms with E-state index in [1.165, 1.54) is 0 Å². The summed E-state index contributed by atoms with van der Waals surface area (Å²) in [7, 11) is 0. The van der Waals surface area contributed by atoms with Crippen LogP contribution in [-0.4, -0.2) is 24.1 Å². The molecule has 0 amide bonds. The third-order valence-corrected chi connectivity index (χ3v) is 4.13. The van der Waals surface area contributed by atoms with Gasteiger partial charge in [0.05, 0.1) is 18.1 Å². The summed E-state index contributed by atoms with van der Waals surface area (Å²) in [5.74, 6) is 0.495. The highest BCUT2D eigenvalue weighted by molar-refractivity contribution is 5.79. The summed E-state index contributed by atoms with van der Waals surface area (Å²) in [5.41, 5.74) is 5.37. The van der Waals surface area contributed by atoms with Gasteiger partial charge >= 0.3 is 0 Å². The van der Waals surface area contributed by atoms with Gasteiger partial charge in [0, 0.05) is 35.6 Å². The van der Waals surface area contributed by atoms with Crippen molar-refractivity contribution in [1.29, 1.82) is 0 Å². The van der Waals surface area contributed by atoms with Crippen molar-refractivity contribution in [3.05, 3.63) is 66.0 Å². The minimum atomic E-state index is 0.495. The number of pyridine rings is 2. The van der Waals surface area contributed by atoms with Crippen LogP contribution in [0.1, 0.15) is 12.6 Å². The lowest BCUT2D eigenvalue weighted by atomic mass is 10.1. The van der Waals surface area contributed by atoms with Crippen molar-refractivity contribution in [1.82, 2.24) is 24.1 Å². The smallest absolute Gasteiger partial charge is 0.254 e. The van der Waals surface area contributed by atoms with E-state index in [2.05, 4.69) is 21.7 Å². The van der Waals surface area contributed by atoms with Gasteiger partial charge in [-0.25, -0.2) is 9.38 Å². The van der Waals surface area contributed by atoms with Gasteiger partial charge in [-0.05, 0) is 32.0 Å². The summed E-state index contributed by atoms with van der Waals surface area (Å²) in [4.78, 5) is 12.4. The third-order valence-electron chi connectivity index (χ3n) is 4.13. The number of aromatic nitrogens is 5. The second kappa shape index (κ2) is 5.87. The molecule has 0 unspecified atom stereocenters. The molecule has 0 aromatic carbocycles. The van der Waals surface area contributed by atoms with Crippen LogP contribution in [0.4, 0.5) is 5.82 Å². The Balaban J connectivity index is 1.93. The van der Waals surface area contributed by atoms with Crippen molar-refractivity contribution >= 4 is 11.5 Å². The molecular formula is C19H16N6. The molecule has 4 aromatic heterocycles. The molecule has 0 aliphatic carbocycles. The van der Waals surface area contributed by atoms with Crippen molar-refractivity contribution in [3.8, 4) is 22.5 Å². The van der Waals surface area contributed by atoms with Gasteiger partial charge in [-0.2, -0.15) is 5.10 Å². The van der Waals surface area contributed by atoms with Gasteiger partial charge in [0.25, 0.3) is 5.82 Å². The molecule has 4 rings (SSSR count). The second-order valence-corrected chi connectivity index (χ2v) is 5.79. The van der Waals surface area contributed by atoms with E-state index < -0.39 is 0 Å². The van der Waals surface area contributed by atoms with Crippen LogP contribution in [0, 0.1) is 13.5 Å². The Hall–Kier alpha value is -3.46. The van der Waals surface area contributed by atoms with E-state index >= 15 is 0 Å². The minimum Gasteiger partial charge on any atom is -0.362 e. The van der Waals surface area contributed by atoms with Crippen molar-refractivity contribution in [2.24, 2.45) is 0 Å². The predicted octanol–water partition coefficient (Wildman–Crippen LogP) is 4.14. The zero-order valence-electron chi connectivity index (χ0n) is 14.0. The highest BCUT2D eigenvalue weighted by Crippen LogP contribution is 2.31. The number of hydrogen-bond donors (Lipinski definition) is 0. The standard InChI is InChI=1S/C19H16N6/c1-4-24-12-15(19(23-24)16-7-5-6-13(2)22-16)14-8-9-17-21-10-18(20-3)25(17)11-14/h5-12H,4H2,1-2H3. The Morgan fingerprint density at radius 1 is 1.16 bits per heavy atom. The van der Waals surface area contributed by atoms with Gasteiger partial charge in [-0.1, -0.05) is 12.6 Å². The summed E-state index contributed by atoms with van der Waals surface area (Å²) in [6.07, 6.45) is 5.55. The molecule has 0 saturated heterocycles. The van der Waals surface area contributed by atoms with Gasteiger partial charge < -0.3 is 4.85 Å². The fourth-order valence-corrected chi connectivity index (χ4v) is 2.87. The van der Waals surface area contributed by atoms with Crippen molar-refractivity contribution in [3.63, 3.8) is 0 Å². The second-order valence-electron chi connectivity index (χ2n) is 5.79. The molecule has 0 spiro atoms. The molecule has 6 nitrogen and oxygen atoms in total. The first-order valence-electron chi connectivity index (χ1n) is 8.06. The van der Waals surface area contributed by atoms with Crippen LogP contribution < -0.4 is 0 Å². The lowest BCUT2D eigenvalue weighted by Gasteiger charge is -2.03. The van der Waals surface area contributed by atoms with Crippen LogP contribution in [0.3, 0.4) is 0 Å². The zero-order valence-corrected chi connectivity index (χ0v) is 14.0. The lowest BCUT2D eigenvalue weighted by molar-refractivity contribution is 0.662. The molecule has 122 valence electrons. The highest BCUT2D eigenvalue weighted by Gasteiger charge is 2.16. The summed E-state index contributed by atoms with van der Waals surface area (Å²) >= 11 is 0. The Morgan fingerprint density at radius 3 is 2.80 bits per heavy atom. The van der Waals surface area contributed by atoms with E-state index in [0.29, 0.717) is 5.82 Å². The van der Waals surface area contributed by atoms with Crippen LogP contribution in [0.15, 0.2) is 48.9 Å². The van der Waals surface area contributed by atoms with Crippen LogP contribution in [0.25, 0.3) is 33.0 Å². The van der Waals surface area contributed by atoms with Crippen LogP contribution in [0.2, 0.25) is 0 Å². The van der Waals surface area contributed by atoms with E-state index in [1.54, 1.807) is 10.6 Å². The molecule has 6 heteroatoms. The number of rotatable bonds is 3.